The summed E-state index contributed by atoms with van der Waals surface area (Å²) in [6.45, 7) is 4.33. The highest BCUT2D eigenvalue weighted by Gasteiger charge is 2.25. The molecule has 4 rings (SSSR count). The van der Waals surface area contributed by atoms with Gasteiger partial charge in [0, 0.05) is 43.6 Å². The Bertz CT molecular complexity index is 877. The van der Waals surface area contributed by atoms with Gasteiger partial charge in [0.25, 0.3) is 5.56 Å². The van der Waals surface area contributed by atoms with Crippen LogP contribution < -0.4 is 10.5 Å². The molecule has 1 saturated heterocycles. The molecule has 2 heterocycles. The van der Waals surface area contributed by atoms with Crippen molar-refractivity contribution in [3.63, 3.8) is 0 Å². The average Bonchev–Trinajstić information content (AvgIpc) is 2.74. The molecule has 1 aliphatic heterocycles. The van der Waals surface area contributed by atoms with E-state index in [0.717, 1.165) is 37.8 Å². The van der Waals surface area contributed by atoms with Gasteiger partial charge >= 0.3 is 5.97 Å². The summed E-state index contributed by atoms with van der Waals surface area (Å²) in [6.07, 6.45) is 6.86. The van der Waals surface area contributed by atoms with E-state index in [1.165, 1.54) is 43.9 Å². The summed E-state index contributed by atoms with van der Waals surface area (Å²) in [5, 5.41) is 8.98. The van der Waals surface area contributed by atoms with Crippen LogP contribution in [0.1, 0.15) is 42.5 Å². The number of carbonyl (C=O) groups is 1. The van der Waals surface area contributed by atoms with Crippen molar-refractivity contribution in [3.05, 3.63) is 52.3 Å². The monoisotopic (exact) mass is 381 g/mol. The lowest BCUT2D eigenvalue weighted by Crippen LogP contribution is -2.50. The molecule has 28 heavy (non-hydrogen) atoms. The molecular weight excluding hydrogens is 354 g/mol. The van der Waals surface area contributed by atoms with E-state index in [1.54, 1.807) is 6.07 Å². The number of hydrogen-bond donors (Lipinski definition) is 2. The van der Waals surface area contributed by atoms with E-state index < -0.39 is 11.5 Å². The SMILES string of the molecule is O=C(O)c1ccc(-c2ccc(N3CCN(C4CCCCC4)CC3)cc2)[nH]c1=O. The maximum Gasteiger partial charge on any atom is 0.341 e. The summed E-state index contributed by atoms with van der Waals surface area (Å²) >= 11 is 0. The first-order valence-corrected chi connectivity index (χ1v) is 10.2. The number of H-pyrrole nitrogens is 1. The van der Waals surface area contributed by atoms with Crippen molar-refractivity contribution >= 4 is 11.7 Å². The van der Waals surface area contributed by atoms with Gasteiger partial charge < -0.3 is 15.0 Å². The number of nitrogens with zero attached hydrogens (tertiary/aromatic N) is 2. The second-order valence-corrected chi connectivity index (χ2v) is 7.78. The van der Waals surface area contributed by atoms with Crippen LogP contribution in [-0.4, -0.2) is 53.2 Å². The van der Waals surface area contributed by atoms with Crippen molar-refractivity contribution in [1.82, 2.24) is 9.88 Å². The fourth-order valence-corrected chi connectivity index (χ4v) is 4.45. The molecule has 0 spiro atoms. The number of carboxylic acid groups (broad SMARTS) is 1. The topological polar surface area (TPSA) is 76.6 Å². The largest absolute Gasteiger partial charge is 0.477 e. The predicted molar refractivity (Wildman–Crippen MR) is 110 cm³/mol. The van der Waals surface area contributed by atoms with E-state index in [2.05, 4.69) is 26.9 Å². The highest BCUT2D eigenvalue weighted by molar-refractivity contribution is 5.87. The molecule has 2 aromatic rings. The summed E-state index contributed by atoms with van der Waals surface area (Å²) in [5.41, 5.74) is 1.88. The number of anilines is 1. The van der Waals surface area contributed by atoms with Gasteiger partial charge in [-0.1, -0.05) is 31.4 Å². The number of piperazine rings is 1. The standard InChI is InChI=1S/C22H27N3O3/c26-21-19(22(27)28)10-11-20(23-21)16-6-8-18(9-7-16)25-14-12-24(13-15-25)17-4-2-1-3-5-17/h6-11,17H,1-5,12-15H2,(H,23,26)(H,27,28). The van der Waals surface area contributed by atoms with Gasteiger partial charge in [-0.05, 0) is 42.7 Å². The molecule has 148 valence electrons. The van der Waals surface area contributed by atoms with E-state index in [1.807, 2.05) is 12.1 Å². The molecule has 1 aromatic carbocycles. The van der Waals surface area contributed by atoms with Crippen LogP contribution in [0.2, 0.25) is 0 Å². The molecule has 6 nitrogen and oxygen atoms in total. The minimum atomic E-state index is -1.21. The lowest BCUT2D eigenvalue weighted by Gasteiger charge is -2.41. The van der Waals surface area contributed by atoms with Crippen LogP contribution in [0, 0.1) is 0 Å². The van der Waals surface area contributed by atoms with Gasteiger partial charge in [0.2, 0.25) is 0 Å². The van der Waals surface area contributed by atoms with Crippen LogP contribution in [-0.2, 0) is 0 Å². The highest BCUT2D eigenvalue weighted by atomic mass is 16.4. The van der Waals surface area contributed by atoms with Crippen molar-refractivity contribution in [2.24, 2.45) is 0 Å². The maximum atomic E-state index is 11.9. The predicted octanol–water partition coefficient (Wildman–Crippen LogP) is 3.19. The smallest absolute Gasteiger partial charge is 0.341 e. The zero-order chi connectivity index (χ0) is 19.5. The first kappa shape index (κ1) is 18.7. The van der Waals surface area contributed by atoms with Gasteiger partial charge in [-0.15, -0.1) is 0 Å². The van der Waals surface area contributed by atoms with Gasteiger partial charge in [0.15, 0.2) is 0 Å². The van der Waals surface area contributed by atoms with Crippen molar-refractivity contribution in [2.45, 2.75) is 38.1 Å². The molecule has 0 radical (unpaired) electrons. The Labute approximate surface area is 164 Å². The molecule has 2 aliphatic rings. The number of carboxylic acids is 1. The van der Waals surface area contributed by atoms with Crippen LogP contribution in [0.3, 0.4) is 0 Å². The molecule has 2 N–H and O–H groups in total. The summed E-state index contributed by atoms with van der Waals surface area (Å²) in [5.74, 6) is -1.21. The first-order chi connectivity index (χ1) is 13.6. The fraction of sp³-hybridized carbons (Fsp3) is 0.455. The molecule has 0 bridgehead atoms. The molecule has 6 heteroatoms. The second-order valence-electron chi connectivity index (χ2n) is 7.78. The van der Waals surface area contributed by atoms with Gasteiger partial charge in [0.05, 0.1) is 0 Å². The number of benzene rings is 1. The number of nitrogens with one attached hydrogen (secondary N) is 1. The quantitative estimate of drug-likeness (QED) is 0.851. The fourth-order valence-electron chi connectivity index (χ4n) is 4.45. The second kappa shape index (κ2) is 8.19. The molecule has 1 saturated carbocycles. The van der Waals surface area contributed by atoms with Crippen LogP contribution in [0.5, 0.6) is 0 Å². The Morgan fingerprint density at radius 2 is 1.61 bits per heavy atom. The first-order valence-electron chi connectivity index (χ1n) is 10.2. The van der Waals surface area contributed by atoms with E-state index in [9.17, 15) is 9.59 Å². The van der Waals surface area contributed by atoms with Gasteiger partial charge in [-0.2, -0.15) is 0 Å². The molecule has 1 aliphatic carbocycles. The Hall–Kier alpha value is -2.60. The maximum absolute atomic E-state index is 11.9. The number of aromatic carboxylic acids is 1. The Morgan fingerprint density at radius 1 is 0.929 bits per heavy atom. The van der Waals surface area contributed by atoms with E-state index in [-0.39, 0.29) is 5.56 Å². The summed E-state index contributed by atoms with van der Waals surface area (Å²) in [6, 6.07) is 11.9. The minimum absolute atomic E-state index is 0.240. The Kier molecular flexibility index (Phi) is 5.48. The zero-order valence-electron chi connectivity index (χ0n) is 16.1. The third-order valence-electron chi connectivity index (χ3n) is 6.09. The third-order valence-corrected chi connectivity index (χ3v) is 6.09. The van der Waals surface area contributed by atoms with Crippen molar-refractivity contribution < 1.29 is 9.90 Å². The summed E-state index contributed by atoms with van der Waals surface area (Å²) in [4.78, 5) is 30.6. The Balaban J connectivity index is 1.40. The van der Waals surface area contributed by atoms with Crippen LogP contribution in [0.4, 0.5) is 5.69 Å². The molecule has 0 atom stereocenters. The number of rotatable bonds is 4. The lowest BCUT2D eigenvalue weighted by atomic mass is 9.94. The number of pyridine rings is 1. The van der Waals surface area contributed by atoms with Gasteiger partial charge in [-0.25, -0.2) is 4.79 Å². The number of hydrogen-bond acceptors (Lipinski definition) is 4. The normalized spacial score (nSPS) is 18.9. The van der Waals surface area contributed by atoms with Gasteiger partial charge in [0.1, 0.15) is 5.56 Å². The number of aromatic amines is 1. The van der Waals surface area contributed by atoms with Crippen LogP contribution >= 0.6 is 0 Å². The lowest BCUT2D eigenvalue weighted by molar-refractivity contribution is 0.0695. The van der Waals surface area contributed by atoms with Crippen molar-refractivity contribution in [1.29, 1.82) is 0 Å². The van der Waals surface area contributed by atoms with Crippen LogP contribution in [0.15, 0.2) is 41.2 Å². The van der Waals surface area contributed by atoms with Gasteiger partial charge in [-0.3, -0.25) is 9.69 Å². The number of aromatic nitrogens is 1. The Morgan fingerprint density at radius 3 is 2.21 bits per heavy atom. The molecule has 2 fully saturated rings. The summed E-state index contributed by atoms with van der Waals surface area (Å²) < 4.78 is 0. The van der Waals surface area contributed by atoms with Crippen molar-refractivity contribution in [2.75, 3.05) is 31.1 Å². The minimum Gasteiger partial charge on any atom is -0.477 e. The van der Waals surface area contributed by atoms with E-state index >= 15 is 0 Å². The van der Waals surface area contributed by atoms with Crippen molar-refractivity contribution in [3.8, 4) is 11.3 Å². The molecule has 1 aromatic heterocycles. The van der Waals surface area contributed by atoms with E-state index in [0.29, 0.717) is 5.69 Å². The average molecular weight is 381 g/mol. The third kappa shape index (κ3) is 3.97. The van der Waals surface area contributed by atoms with Crippen LogP contribution in [0.25, 0.3) is 11.3 Å². The molecule has 0 amide bonds. The highest BCUT2D eigenvalue weighted by Crippen LogP contribution is 2.26. The molecular formula is C22H27N3O3. The van der Waals surface area contributed by atoms with E-state index in [4.69, 9.17) is 5.11 Å². The summed E-state index contributed by atoms with van der Waals surface area (Å²) in [7, 11) is 0. The zero-order valence-corrected chi connectivity index (χ0v) is 16.1. The molecule has 0 unspecified atom stereocenters.